The monoisotopic (exact) mass is 276 g/mol. The average molecular weight is 276 g/mol. The van der Waals surface area contributed by atoms with Crippen LogP contribution in [-0.2, 0) is 9.59 Å². The summed E-state index contributed by atoms with van der Waals surface area (Å²) < 4.78 is 0. The van der Waals surface area contributed by atoms with E-state index >= 15 is 0 Å². The second-order valence-corrected chi connectivity index (χ2v) is 5.21. The molecule has 0 aromatic heterocycles. The average Bonchev–Trinajstić information content (AvgIpc) is 2.48. The first-order chi connectivity index (χ1) is 9.52. The van der Waals surface area contributed by atoms with Crippen LogP contribution >= 0.6 is 0 Å². The van der Waals surface area contributed by atoms with Crippen LogP contribution in [0.2, 0.25) is 0 Å². The second kappa shape index (κ2) is 6.05. The minimum atomic E-state index is -1.13. The van der Waals surface area contributed by atoms with Crippen LogP contribution in [0.4, 0.5) is 0 Å². The zero-order valence-electron chi connectivity index (χ0n) is 11.9. The number of aryl methyl sites for hydroxylation is 2. The van der Waals surface area contributed by atoms with Gasteiger partial charge >= 0.3 is 0 Å². The highest BCUT2D eigenvalue weighted by molar-refractivity contribution is 5.82. The number of aliphatic hydroxyl groups is 1. The van der Waals surface area contributed by atoms with Crippen molar-refractivity contribution in [3.63, 3.8) is 0 Å². The first kappa shape index (κ1) is 14.5. The number of carbonyl (C=O) groups is 2. The van der Waals surface area contributed by atoms with Crippen molar-refractivity contribution in [1.29, 1.82) is 0 Å². The van der Waals surface area contributed by atoms with Crippen LogP contribution < -0.4 is 0 Å². The molecule has 1 fully saturated rings. The molecule has 0 saturated carbocycles. The number of amides is 2. The third-order valence-corrected chi connectivity index (χ3v) is 3.86. The largest absolute Gasteiger partial charge is 0.378 e. The molecule has 1 aliphatic rings. The maximum atomic E-state index is 12.3. The van der Waals surface area contributed by atoms with Gasteiger partial charge in [0.15, 0.2) is 6.10 Å². The fourth-order valence-electron chi connectivity index (χ4n) is 2.30. The maximum Gasteiger partial charge on any atom is 0.256 e. The summed E-state index contributed by atoms with van der Waals surface area (Å²) in [6, 6.07) is 5.54. The van der Waals surface area contributed by atoms with Crippen molar-refractivity contribution in [3.8, 4) is 0 Å². The molecule has 0 spiro atoms. The smallest absolute Gasteiger partial charge is 0.256 e. The predicted molar refractivity (Wildman–Crippen MR) is 75.1 cm³/mol. The van der Waals surface area contributed by atoms with Gasteiger partial charge in [-0.25, -0.2) is 0 Å². The molecule has 5 heteroatoms. The fraction of sp³-hybridized carbons (Fsp3) is 0.467. The summed E-state index contributed by atoms with van der Waals surface area (Å²) in [5.41, 5.74) is 2.81. The third-order valence-electron chi connectivity index (χ3n) is 3.86. The van der Waals surface area contributed by atoms with Gasteiger partial charge in [0, 0.05) is 26.2 Å². The third kappa shape index (κ3) is 2.99. The van der Waals surface area contributed by atoms with Gasteiger partial charge in [-0.1, -0.05) is 18.2 Å². The quantitative estimate of drug-likeness (QED) is 0.824. The molecule has 1 saturated heterocycles. The lowest BCUT2D eigenvalue weighted by atomic mass is 10.0. The molecule has 2 amide bonds. The predicted octanol–water partition coefficient (Wildman–Crippen LogP) is 0.637. The zero-order valence-corrected chi connectivity index (χ0v) is 11.9. The van der Waals surface area contributed by atoms with E-state index in [1.807, 2.05) is 26.0 Å². The maximum absolute atomic E-state index is 12.3. The summed E-state index contributed by atoms with van der Waals surface area (Å²) >= 11 is 0. The molecule has 0 bridgehead atoms. The Hall–Kier alpha value is -1.88. The SMILES string of the molecule is Cc1ccc(C(O)C(=O)N2CCN(C=O)CC2)cc1C. The van der Waals surface area contributed by atoms with Crippen molar-refractivity contribution in [2.24, 2.45) is 0 Å². The van der Waals surface area contributed by atoms with Crippen molar-refractivity contribution in [1.82, 2.24) is 9.80 Å². The number of rotatable bonds is 3. The van der Waals surface area contributed by atoms with Gasteiger partial charge in [-0.05, 0) is 30.5 Å². The van der Waals surface area contributed by atoms with Gasteiger partial charge in [0.1, 0.15) is 0 Å². The Morgan fingerprint density at radius 1 is 1.20 bits per heavy atom. The lowest BCUT2D eigenvalue weighted by molar-refractivity contribution is -0.143. The van der Waals surface area contributed by atoms with E-state index in [1.165, 1.54) is 0 Å². The molecule has 1 N–H and O–H groups in total. The van der Waals surface area contributed by atoms with Crippen molar-refractivity contribution >= 4 is 12.3 Å². The van der Waals surface area contributed by atoms with Crippen LogP contribution in [0.25, 0.3) is 0 Å². The first-order valence-corrected chi connectivity index (χ1v) is 6.76. The summed E-state index contributed by atoms with van der Waals surface area (Å²) in [6.07, 6.45) is -0.334. The number of nitrogens with zero attached hydrogens (tertiary/aromatic N) is 2. The molecule has 1 heterocycles. The Kier molecular flexibility index (Phi) is 4.39. The Labute approximate surface area is 118 Å². The number of hydrogen-bond donors (Lipinski definition) is 1. The van der Waals surface area contributed by atoms with Crippen molar-refractivity contribution < 1.29 is 14.7 Å². The molecule has 5 nitrogen and oxygen atoms in total. The highest BCUT2D eigenvalue weighted by Crippen LogP contribution is 2.19. The van der Waals surface area contributed by atoms with Crippen LogP contribution in [-0.4, -0.2) is 53.4 Å². The number of aliphatic hydroxyl groups excluding tert-OH is 1. The fourth-order valence-corrected chi connectivity index (χ4v) is 2.30. The lowest BCUT2D eigenvalue weighted by Gasteiger charge is -2.33. The number of carbonyl (C=O) groups excluding carboxylic acids is 2. The van der Waals surface area contributed by atoms with E-state index in [4.69, 9.17) is 0 Å². The van der Waals surface area contributed by atoms with Crippen molar-refractivity contribution in [2.75, 3.05) is 26.2 Å². The van der Waals surface area contributed by atoms with Gasteiger partial charge in [0.25, 0.3) is 5.91 Å². The van der Waals surface area contributed by atoms with E-state index in [-0.39, 0.29) is 5.91 Å². The Balaban J connectivity index is 2.05. The Bertz CT molecular complexity index is 508. The summed E-state index contributed by atoms with van der Waals surface area (Å²) in [6.45, 7) is 5.94. The highest BCUT2D eigenvalue weighted by atomic mass is 16.3. The van der Waals surface area contributed by atoms with Gasteiger partial charge in [-0.2, -0.15) is 0 Å². The first-order valence-electron chi connectivity index (χ1n) is 6.76. The molecular weight excluding hydrogens is 256 g/mol. The molecule has 0 aliphatic carbocycles. The van der Waals surface area contributed by atoms with Crippen LogP contribution in [0.5, 0.6) is 0 Å². The van der Waals surface area contributed by atoms with E-state index in [0.717, 1.165) is 17.5 Å². The van der Waals surface area contributed by atoms with Crippen LogP contribution in [0.15, 0.2) is 18.2 Å². The van der Waals surface area contributed by atoms with Gasteiger partial charge in [0.2, 0.25) is 6.41 Å². The summed E-state index contributed by atoms with van der Waals surface area (Å²) in [4.78, 5) is 26.1. The Morgan fingerprint density at radius 3 is 2.40 bits per heavy atom. The Morgan fingerprint density at radius 2 is 1.85 bits per heavy atom. The molecule has 1 aromatic carbocycles. The van der Waals surface area contributed by atoms with Crippen molar-refractivity contribution in [3.05, 3.63) is 34.9 Å². The molecule has 0 radical (unpaired) electrons. The van der Waals surface area contributed by atoms with Crippen LogP contribution in [0, 0.1) is 13.8 Å². The summed E-state index contributed by atoms with van der Waals surface area (Å²) in [5, 5.41) is 10.2. The molecule has 1 unspecified atom stereocenters. The molecule has 108 valence electrons. The van der Waals surface area contributed by atoms with E-state index in [9.17, 15) is 14.7 Å². The van der Waals surface area contributed by atoms with E-state index < -0.39 is 6.10 Å². The van der Waals surface area contributed by atoms with Crippen molar-refractivity contribution in [2.45, 2.75) is 20.0 Å². The number of benzene rings is 1. The molecule has 20 heavy (non-hydrogen) atoms. The lowest BCUT2D eigenvalue weighted by Crippen LogP contribution is -2.49. The van der Waals surface area contributed by atoms with E-state index in [1.54, 1.807) is 15.9 Å². The van der Waals surface area contributed by atoms with E-state index in [2.05, 4.69) is 0 Å². The molecular formula is C15H20N2O3. The highest BCUT2D eigenvalue weighted by Gasteiger charge is 2.26. The normalized spacial score (nSPS) is 16.9. The molecule has 2 rings (SSSR count). The standard InChI is InChI=1S/C15H20N2O3/c1-11-3-4-13(9-12(11)2)14(19)15(20)17-7-5-16(10-18)6-8-17/h3-4,9-10,14,19H,5-8H2,1-2H3. The minimum Gasteiger partial charge on any atom is -0.378 e. The summed E-state index contributed by atoms with van der Waals surface area (Å²) in [7, 11) is 0. The summed E-state index contributed by atoms with van der Waals surface area (Å²) in [5.74, 6) is -0.293. The number of hydrogen-bond acceptors (Lipinski definition) is 3. The van der Waals surface area contributed by atoms with E-state index in [0.29, 0.717) is 31.7 Å². The zero-order chi connectivity index (χ0) is 14.7. The number of piperazine rings is 1. The van der Waals surface area contributed by atoms with Gasteiger partial charge in [-0.3, -0.25) is 9.59 Å². The van der Waals surface area contributed by atoms with Crippen LogP contribution in [0.1, 0.15) is 22.8 Å². The van der Waals surface area contributed by atoms with Gasteiger partial charge in [0.05, 0.1) is 0 Å². The topological polar surface area (TPSA) is 60.9 Å². The molecule has 1 atom stereocenters. The van der Waals surface area contributed by atoms with Gasteiger partial charge < -0.3 is 14.9 Å². The minimum absolute atomic E-state index is 0.293. The molecule has 1 aromatic rings. The molecule has 1 aliphatic heterocycles. The van der Waals surface area contributed by atoms with Crippen LogP contribution in [0.3, 0.4) is 0 Å². The van der Waals surface area contributed by atoms with Gasteiger partial charge in [-0.15, -0.1) is 0 Å². The second-order valence-electron chi connectivity index (χ2n) is 5.21.